The summed E-state index contributed by atoms with van der Waals surface area (Å²) in [4.78, 5) is 1.17. The minimum atomic E-state index is -0.00782. The van der Waals surface area contributed by atoms with Gasteiger partial charge in [-0.05, 0) is 52.4 Å². The van der Waals surface area contributed by atoms with Crippen LogP contribution < -0.4 is 4.74 Å². The zero-order chi connectivity index (χ0) is 17.1. The number of aliphatic hydroxyl groups is 1. The molecule has 3 aromatic carbocycles. The highest BCUT2D eigenvalue weighted by Gasteiger charge is 2.10. The van der Waals surface area contributed by atoms with E-state index < -0.39 is 0 Å². The van der Waals surface area contributed by atoms with E-state index in [1.807, 2.05) is 54.6 Å². The molecule has 0 aliphatic heterocycles. The summed E-state index contributed by atoms with van der Waals surface area (Å²) >= 11 is 1.74. The largest absolute Gasteiger partial charge is 0.489 e. The molecular weight excluding hydrogens is 328 g/mol. The van der Waals surface area contributed by atoms with Gasteiger partial charge < -0.3 is 9.84 Å². The second-order valence-corrected chi connectivity index (χ2v) is 6.98. The maximum Gasteiger partial charge on any atom is 0.120 e. The quantitative estimate of drug-likeness (QED) is 0.507. The summed E-state index contributed by atoms with van der Waals surface area (Å²) in [6.07, 6.45) is 0. The van der Waals surface area contributed by atoms with Crippen molar-refractivity contribution in [3.8, 4) is 16.2 Å². The van der Waals surface area contributed by atoms with Gasteiger partial charge in [-0.25, -0.2) is 0 Å². The fourth-order valence-electron chi connectivity index (χ4n) is 2.89. The van der Waals surface area contributed by atoms with E-state index in [2.05, 4.69) is 24.3 Å². The van der Waals surface area contributed by atoms with Crippen LogP contribution in [0, 0.1) is 0 Å². The Morgan fingerprint density at radius 3 is 2.44 bits per heavy atom. The van der Waals surface area contributed by atoms with Gasteiger partial charge in [0.25, 0.3) is 0 Å². The predicted molar refractivity (Wildman–Crippen MR) is 104 cm³/mol. The lowest BCUT2D eigenvalue weighted by Crippen LogP contribution is -1.97. The number of ether oxygens (including phenoxy) is 1. The fraction of sp³-hybridized carbons (Fsp3) is 0.0909. The molecule has 3 heteroatoms. The molecule has 0 saturated heterocycles. The van der Waals surface area contributed by atoms with Crippen LogP contribution >= 0.6 is 11.3 Å². The fourth-order valence-corrected chi connectivity index (χ4v) is 4.01. The molecule has 0 amide bonds. The second kappa shape index (κ2) is 7.09. The predicted octanol–water partition coefficient (Wildman–Crippen LogP) is 5.64. The Labute approximate surface area is 151 Å². The van der Waals surface area contributed by atoms with Crippen LogP contribution in [0.5, 0.6) is 5.75 Å². The number of fused-ring (bicyclic) bond motifs is 1. The molecule has 0 fully saturated rings. The van der Waals surface area contributed by atoms with Gasteiger partial charge in [-0.1, -0.05) is 48.5 Å². The maximum absolute atomic E-state index is 9.81. The van der Waals surface area contributed by atoms with Gasteiger partial charge in [-0.15, -0.1) is 11.3 Å². The number of rotatable bonds is 5. The molecule has 1 N–H and O–H groups in total. The van der Waals surface area contributed by atoms with Crippen LogP contribution in [0.25, 0.3) is 20.5 Å². The van der Waals surface area contributed by atoms with Gasteiger partial charge in [0.2, 0.25) is 0 Å². The first-order valence-corrected chi connectivity index (χ1v) is 9.04. The average Bonchev–Trinajstić information content (AvgIpc) is 3.11. The maximum atomic E-state index is 9.81. The van der Waals surface area contributed by atoms with Crippen LogP contribution in [0.2, 0.25) is 0 Å². The molecule has 0 spiro atoms. The van der Waals surface area contributed by atoms with Gasteiger partial charge in [0.05, 0.1) is 6.61 Å². The normalized spacial score (nSPS) is 10.9. The van der Waals surface area contributed by atoms with Crippen molar-refractivity contribution in [3.05, 3.63) is 90.0 Å². The molecule has 25 heavy (non-hydrogen) atoms. The smallest absolute Gasteiger partial charge is 0.120 e. The molecule has 0 aliphatic carbocycles. The molecule has 0 bridgehead atoms. The van der Waals surface area contributed by atoms with E-state index in [1.54, 1.807) is 11.3 Å². The van der Waals surface area contributed by atoms with Crippen molar-refractivity contribution in [1.82, 2.24) is 0 Å². The first-order chi connectivity index (χ1) is 12.3. The van der Waals surface area contributed by atoms with Gasteiger partial charge >= 0.3 is 0 Å². The van der Waals surface area contributed by atoms with E-state index in [0.717, 1.165) is 22.4 Å². The minimum Gasteiger partial charge on any atom is -0.489 e. The first kappa shape index (κ1) is 15.9. The third kappa shape index (κ3) is 3.43. The lowest BCUT2D eigenvalue weighted by molar-refractivity contribution is 0.278. The van der Waals surface area contributed by atoms with Crippen molar-refractivity contribution < 1.29 is 9.84 Å². The molecule has 0 saturated carbocycles. The highest BCUT2D eigenvalue weighted by Crippen LogP contribution is 2.36. The van der Waals surface area contributed by atoms with Crippen molar-refractivity contribution in [1.29, 1.82) is 0 Å². The molecule has 0 atom stereocenters. The summed E-state index contributed by atoms with van der Waals surface area (Å²) in [5.41, 5.74) is 3.08. The lowest BCUT2D eigenvalue weighted by Gasteiger charge is -2.10. The third-order valence-electron chi connectivity index (χ3n) is 4.19. The molecule has 0 aliphatic rings. The van der Waals surface area contributed by atoms with Crippen molar-refractivity contribution in [2.75, 3.05) is 0 Å². The van der Waals surface area contributed by atoms with Crippen LogP contribution in [0.15, 0.2) is 78.9 Å². The zero-order valence-electron chi connectivity index (χ0n) is 13.7. The highest BCUT2D eigenvalue weighted by atomic mass is 32.1. The van der Waals surface area contributed by atoms with Crippen LogP contribution in [-0.2, 0) is 13.2 Å². The number of thiophene rings is 1. The van der Waals surface area contributed by atoms with Crippen LogP contribution in [0.4, 0.5) is 0 Å². The van der Waals surface area contributed by atoms with Crippen molar-refractivity contribution in [3.63, 3.8) is 0 Å². The van der Waals surface area contributed by atoms with E-state index in [1.165, 1.54) is 15.0 Å². The zero-order valence-corrected chi connectivity index (χ0v) is 14.5. The summed E-state index contributed by atoms with van der Waals surface area (Å²) in [5, 5.41) is 11.0. The number of benzene rings is 3. The van der Waals surface area contributed by atoms with E-state index in [9.17, 15) is 5.11 Å². The van der Waals surface area contributed by atoms with Gasteiger partial charge in [-0.3, -0.25) is 0 Å². The van der Waals surface area contributed by atoms with Crippen LogP contribution in [0.3, 0.4) is 0 Å². The van der Waals surface area contributed by atoms with Crippen molar-refractivity contribution in [2.24, 2.45) is 0 Å². The summed E-state index contributed by atoms with van der Waals surface area (Å²) in [7, 11) is 0. The van der Waals surface area contributed by atoms with Gasteiger partial charge in [0, 0.05) is 9.58 Å². The SMILES string of the molecule is OCc1cc(OCc2ccccc2)ccc1-c1cc2ccccc2s1. The molecule has 0 unspecified atom stereocenters. The summed E-state index contributed by atoms with van der Waals surface area (Å²) in [5.74, 6) is 0.776. The Morgan fingerprint density at radius 2 is 1.64 bits per heavy atom. The van der Waals surface area contributed by atoms with Crippen molar-refractivity contribution >= 4 is 21.4 Å². The first-order valence-electron chi connectivity index (χ1n) is 8.23. The monoisotopic (exact) mass is 346 g/mol. The molecule has 0 radical (unpaired) electrons. The Bertz CT molecular complexity index is 956. The molecule has 124 valence electrons. The lowest BCUT2D eigenvalue weighted by atomic mass is 10.1. The van der Waals surface area contributed by atoms with Gasteiger partial charge in [-0.2, -0.15) is 0 Å². The Hall–Kier alpha value is -2.62. The topological polar surface area (TPSA) is 29.5 Å². The minimum absolute atomic E-state index is 0.00782. The van der Waals surface area contributed by atoms with E-state index in [0.29, 0.717) is 6.61 Å². The molecule has 1 aromatic heterocycles. The van der Waals surface area contributed by atoms with Crippen LogP contribution in [0.1, 0.15) is 11.1 Å². The Morgan fingerprint density at radius 1 is 0.840 bits per heavy atom. The summed E-state index contributed by atoms with van der Waals surface area (Å²) in [6.45, 7) is 0.514. The summed E-state index contributed by atoms with van der Waals surface area (Å²) in [6, 6.07) is 26.5. The molecule has 4 aromatic rings. The standard InChI is InChI=1S/C22H18O2S/c23-14-18-12-19(24-15-16-6-2-1-3-7-16)10-11-20(18)22-13-17-8-4-5-9-21(17)25-22/h1-13,23H,14-15H2. The number of hydrogen-bond donors (Lipinski definition) is 1. The molecule has 2 nitrogen and oxygen atoms in total. The van der Waals surface area contributed by atoms with Crippen molar-refractivity contribution in [2.45, 2.75) is 13.2 Å². The van der Waals surface area contributed by atoms with Gasteiger partial charge in [0.15, 0.2) is 0 Å². The number of aliphatic hydroxyl groups excluding tert-OH is 1. The van der Waals surface area contributed by atoms with E-state index in [-0.39, 0.29) is 6.61 Å². The van der Waals surface area contributed by atoms with Crippen LogP contribution in [-0.4, -0.2) is 5.11 Å². The Balaban J connectivity index is 1.61. The van der Waals surface area contributed by atoms with E-state index >= 15 is 0 Å². The molecule has 4 rings (SSSR count). The number of hydrogen-bond acceptors (Lipinski definition) is 3. The third-order valence-corrected chi connectivity index (χ3v) is 5.34. The van der Waals surface area contributed by atoms with Gasteiger partial charge in [0.1, 0.15) is 12.4 Å². The second-order valence-electron chi connectivity index (χ2n) is 5.90. The average molecular weight is 346 g/mol. The molecule has 1 heterocycles. The Kier molecular flexibility index (Phi) is 4.51. The molecular formula is C22H18O2S. The van der Waals surface area contributed by atoms with E-state index in [4.69, 9.17) is 4.74 Å². The summed E-state index contributed by atoms with van der Waals surface area (Å²) < 4.78 is 7.13. The highest BCUT2D eigenvalue weighted by molar-refractivity contribution is 7.22.